The Labute approximate surface area is 131 Å². The number of rotatable bonds is 6. The molecule has 22 heavy (non-hydrogen) atoms. The van der Waals surface area contributed by atoms with Crippen molar-refractivity contribution in [3.05, 3.63) is 23.3 Å². The molecule has 2 atom stereocenters. The van der Waals surface area contributed by atoms with Crippen LogP contribution in [0.5, 0.6) is 11.5 Å². The van der Waals surface area contributed by atoms with Crippen LogP contribution >= 0.6 is 0 Å². The molecule has 6 nitrogen and oxygen atoms in total. The highest BCUT2D eigenvalue weighted by molar-refractivity contribution is 5.51. The normalized spacial score (nSPS) is 21.4. The standard InChI is InChI=1S/C16H24O6/c1-16(20-5,21-6)13-9-10-11(17-2)7-8-12(18-3)14(10)15(19-4)22-13/h7-8,13,15H,9H2,1-6H3. The van der Waals surface area contributed by atoms with Gasteiger partial charge in [0.25, 0.3) is 0 Å². The third-order valence-electron chi connectivity index (χ3n) is 4.24. The quantitative estimate of drug-likeness (QED) is 0.751. The largest absolute Gasteiger partial charge is 0.496 e. The third kappa shape index (κ3) is 2.79. The van der Waals surface area contributed by atoms with Gasteiger partial charge in [0, 0.05) is 33.3 Å². The van der Waals surface area contributed by atoms with Crippen molar-refractivity contribution < 1.29 is 28.4 Å². The molecule has 6 heteroatoms. The highest BCUT2D eigenvalue weighted by Crippen LogP contribution is 2.44. The summed E-state index contributed by atoms with van der Waals surface area (Å²) >= 11 is 0. The summed E-state index contributed by atoms with van der Waals surface area (Å²) in [4.78, 5) is 0. The summed E-state index contributed by atoms with van der Waals surface area (Å²) in [5.41, 5.74) is 1.82. The third-order valence-corrected chi connectivity index (χ3v) is 4.24. The molecule has 0 N–H and O–H groups in total. The van der Waals surface area contributed by atoms with E-state index in [9.17, 15) is 0 Å². The van der Waals surface area contributed by atoms with Crippen molar-refractivity contribution in [1.29, 1.82) is 0 Å². The van der Waals surface area contributed by atoms with Gasteiger partial charge in [0.1, 0.15) is 17.6 Å². The zero-order valence-corrected chi connectivity index (χ0v) is 14.0. The molecule has 0 bridgehead atoms. The van der Waals surface area contributed by atoms with Crippen molar-refractivity contribution in [2.75, 3.05) is 35.5 Å². The summed E-state index contributed by atoms with van der Waals surface area (Å²) in [6.45, 7) is 1.84. The lowest BCUT2D eigenvalue weighted by molar-refractivity contribution is -0.297. The Hall–Kier alpha value is -1.34. The van der Waals surface area contributed by atoms with E-state index in [-0.39, 0.29) is 6.10 Å². The minimum absolute atomic E-state index is 0.346. The number of methoxy groups -OCH3 is 5. The number of hydrogen-bond donors (Lipinski definition) is 0. The average molecular weight is 312 g/mol. The van der Waals surface area contributed by atoms with Gasteiger partial charge in [-0.3, -0.25) is 0 Å². The van der Waals surface area contributed by atoms with Gasteiger partial charge in [-0.05, 0) is 19.1 Å². The molecule has 1 aromatic carbocycles. The fourth-order valence-electron chi connectivity index (χ4n) is 2.74. The van der Waals surface area contributed by atoms with Crippen molar-refractivity contribution >= 4 is 0 Å². The lowest BCUT2D eigenvalue weighted by Gasteiger charge is -2.40. The smallest absolute Gasteiger partial charge is 0.191 e. The van der Waals surface area contributed by atoms with Crippen LogP contribution in [-0.4, -0.2) is 47.4 Å². The molecule has 0 fully saturated rings. The van der Waals surface area contributed by atoms with Gasteiger partial charge in [-0.15, -0.1) is 0 Å². The number of fused-ring (bicyclic) bond motifs is 1. The van der Waals surface area contributed by atoms with Crippen molar-refractivity contribution in [2.45, 2.75) is 31.5 Å². The van der Waals surface area contributed by atoms with E-state index in [4.69, 9.17) is 28.4 Å². The Morgan fingerprint density at radius 3 is 2.09 bits per heavy atom. The molecule has 2 rings (SSSR count). The summed E-state index contributed by atoms with van der Waals surface area (Å²) in [5.74, 6) is 0.584. The zero-order valence-electron chi connectivity index (χ0n) is 14.0. The van der Waals surface area contributed by atoms with Crippen LogP contribution in [0.1, 0.15) is 24.3 Å². The van der Waals surface area contributed by atoms with Crippen LogP contribution < -0.4 is 9.47 Å². The maximum Gasteiger partial charge on any atom is 0.191 e. The van der Waals surface area contributed by atoms with E-state index >= 15 is 0 Å². The van der Waals surface area contributed by atoms with E-state index in [0.29, 0.717) is 12.2 Å². The van der Waals surface area contributed by atoms with Crippen LogP contribution in [0.25, 0.3) is 0 Å². The number of benzene rings is 1. The lowest BCUT2D eigenvalue weighted by atomic mass is 9.92. The monoisotopic (exact) mass is 312 g/mol. The summed E-state index contributed by atoms with van der Waals surface area (Å²) in [6, 6.07) is 3.73. The van der Waals surface area contributed by atoms with Crippen LogP contribution in [0.3, 0.4) is 0 Å². The molecule has 0 spiro atoms. The maximum absolute atomic E-state index is 6.04. The molecule has 1 aromatic rings. The van der Waals surface area contributed by atoms with Crippen LogP contribution in [0, 0.1) is 0 Å². The number of hydrogen-bond acceptors (Lipinski definition) is 6. The molecule has 0 amide bonds. The minimum atomic E-state index is -0.886. The second-order valence-corrected chi connectivity index (χ2v) is 5.18. The zero-order chi connectivity index (χ0) is 16.3. The Balaban J connectivity index is 2.52. The van der Waals surface area contributed by atoms with Gasteiger partial charge in [0.05, 0.1) is 19.8 Å². The van der Waals surface area contributed by atoms with E-state index in [1.807, 2.05) is 19.1 Å². The molecule has 1 aliphatic rings. The van der Waals surface area contributed by atoms with E-state index in [0.717, 1.165) is 16.9 Å². The average Bonchev–Trinajstić information content (AvgIpc) is 2.58. The van der Waals surface area contributed by atoms with Gasteiger partial charge < -0.3 is 28.4 Å². The second-order valence-electron chi connectivity index (χ2n) is 5.18. The maximum atomic E-state index is 6.04. The highest BCUT2D eigenvalue weighted by atomic mass is 16.7. The first-order chi connectivity index (χ1) is 10.5. The Morgan fingerprint density at radius 1 is 1.00 bits per heavy atom. The summed E-state index contributed by atoms with van der Waals surface area (Å²) < 4.78 is 33.5. The Kier molecular flexibility index (Phi) is 5.28. The van der Waals surface area contributed by atoms with Gasteiger partial charge in [0.15, 0.2) is 12.1 Å². The van der Waals surface area contributed by atoms with E-state index in [1.54, 1.807) is 35.5 Å². The summed E-state index contributed by atoms with van der Waals surface area (Å²) in [7, 11) is 8.03. The molecule has 0 saturated carbocycles. The van der Waals surface area contributed by atoms with Gasteiger partial charge in [-0.1, -0.05) is 0 Å². The molecular formula is C16H24O6. The molecule has 0 aromatic heterocycles. The van der Waals surface area contributed by atoms with E-state index in [2.05, 4.69) is 0 Å². The molecule has 0 aliphatic carbocycles. The minimum Gasteiger partial charge on any atom is -0.496 e. The van der Waals surface area contributed by atoms with Gasteiger partial charge in [0.2, 0.25) is 0 Å². The molecule has 0 saturated heterocycles. The second kappa shape index (κ2) is 6.83. The van der Waals surface area contributed by atoms with Crippen molar-refractivity contribution in [3.63, 3.8) is 0 Å². The van der Waals surface area contributed by atoms with Crippen LogP contribution in [0.2, 0.25) is 0 Å². The molecule has 2 unspecified atom stereocenters. The Bertz CT molecular complexity index is 512. The first-order valence-electron chi connectivity index (χ1n) is 7.06. The predicted octanol–water partition coefficient (Wildman–Crippen LogP) is 2.30. The predicted molar refractivity (Wildman–Crippen MR) is 80.3 cm³/mol. The lowest BCUT2D eigenvalue weighted by Crippen LogP contribution is -2.48. The first kappa shape index (κ1) is 17.0. The molecule has 1 heterocycles. The molecule has 1 aliphatic heterocycles. The van der Waals surface area contributed by atoms with E-state index < -0.39 is 12.1 Å². The SMILES string of the molecule is COc1ccc(OC)c2c1CC(C(C)(OC)OC)OC2OC. The van der Waals surface area contributed by atoms with Crippen molar-refractivity contribution in [1.82, 2.24) is 0 Å². The fourth-order valence-corrected chi connectivity index (χ4v) is 2.74. The highest BCUT2D eigenvalue weighted by Gasteiger charge is 2.43. The number of ether oxygens (including phenoxy) is 6. The molecular weight excluding hydrogens is 288 g/mol. The molecule has 124 valence electrons. The van der Waals surface area contributed by atoms with Gasteiger partial charge in [-0.2, -0.15) is 0 Å². The Morgan fingerprint density at radius 2 is 1.59 bits per heavy atom. The van der Waals surface area contributed by atoms with Gasteiger partial charge >= 0.3 is 0 Å². The summed E-state index contributed by atoms with van der Waals surface area (Å²) in [6.07, 6.45) is -0.363. The topological polar surface area (TPSA) is 55.4 Å². The molecule has 0 radical (unpaired) electrons. The van der Waals surface area contributed by atoms with Crippen molar-refractivity contribution in [3.8, 4) is 11.5 Å². The van der Waals surface area contributed by atoms with Crippen molar-refractivity contribution in [2.24, 2.45) is 0 Å². The van der Waals surface area contributed by atoms with Crippen LogP contribution in [0.4, 0.5) is 0 Å². The van der Waals surface area contributed by atoms with Crippen LogP contribution in [-0.2, 0) is 25.4 Å². The summed E-state index contributed by atoms with van der Waals surface area (Å²) in [5, 5.41) is 0. The fraction of sp³-hybridized carbons (Fsp3) is 0.625. The van der Waals surface area contributed by atoms with Crippen LogP contribution in [0.15, 0.2) is 12.1 Å². The van der Waals surface area contributed by atoms with Gasteiger partial charge in [-0.25, -0.2) is 0 Å². The van der Waals surface area contributed by atoms with E-state index in [1.165, 1.54) is 0 Å². The first-order valence-corrected chi connectivity index (χ1v) is 7.06.